The van der Waals surface area contributed by atoms with E-state index < -0.39 is 0 Å². The molecule has 110 valence electrons. The SMILES string of the molecule is NCCc1cnc(N2CCN(C3CCCC3)CC2)nc1. The van der Waals surface area contributed by atoms with Crippen LogP contribution in [0.3, 0.4) is 0 Å². The third-order valence-corrected chi connectivity index (χ3v) is 4.56. The van der Waals surface area contributed by atoms with Gasteiger partial charge in [0.25, 0.3) is 0 Å². The molecule has 1 saturated heterocycles. The molecule has 2 aliphatic rings. The van der Waals surface area contributed by atoms with Crippen LogP contribution in [0.1, 0.15) is 31.2 Å². The predicted molar refractivity (Wildman–Crippen MR) is 80.8 cm³/mol. The van der Waals surface area contributed by atoms with Gasteiger partial charge in [-0.2, -0.15) is 0 Å². The summed E-state index contributed by atoms with van der Waals surface area (Å²) in [6.07, 6.45) is 10.3. The standard InChI is InChI=1S/C15H25N5/c16-6-5-13-11-17-15(18-12-13)20-9-7-19(8-10-20)14-3-1-2-4-14/h11-12,14H,1-10,16H2. The van der Waals surface area contributed by atoms with Gasteiger partial charge in [0, 0.05) is 44.6 Å². The smallest absolute Gasteiger partial charge is 0.225 e. The highest BCUT2D eigenvalue weighted by Gasteiger charge is 2.26. The predicted octanol–water partition coefficient (Wildman–Crippen LogP) is 1.04. The Labute approximate surface area is 121 Å². The van der Waals surface area contributed by atoms with Gasteiger partial charge in [0.05, 0.1) is 0 Å². The van der Waals surface area contributed by atoms with Crippen LogP contribution in [0, 0.1) is 0 Å². The van der Waals surface area contributed by atoms with E-state index in [9.17, 15) is 0 Å². The van der Waals surface area contributed by atoms with Crippen LogP contribution in [0.2, 0.25) is 0 Å². The Hall–Kier alpha value is -1.20. The molecule has 5 nitrogen and oxygen atoms in total. The Kier molecular flexibility index (Phi) is 4.47. The first kappa shape index (κ1) is 13.8. The van der Waals surface area contributed by atoms with E-state index in [1.165, 1.54) is 25.7 Å². The van der Waals surface area contributed by atoms with Crippen LogP contribution in [0.25, 0.3) is 0 Å². The van der Waals surface area contributed by atoms with Crippen molar-refractivity contribution in [3.8, 4) is 0 Å². The van der Waals surface area contributed by atoms with E-state index in [4.69, 9.17) is 5.73 Å². The molecule has 0 aromatic carbocycles. The van der Waals surface area contributed by atoms with E-state index in [0.29, 0.717) is 6.54 Å². The van der Waals surface area contributed by atoms with Crippen molar-refractivity contribution in [1.82, 2.24) is 14.9 Å². The summed E-state index contributed by atoms with van der Waals surface area (Å²) in [6, 6.07) is 0.838. The molecule has 0 atom stereocenters. The van der Waals surface area contributed by atoms with Crippen molar-refractivity contribution in [2.45, 2.75) is 38.1 Å². The van der Waals surface area contributed by atoms with Crippen molar-refractivity contribution in [1.29, 1.82) is 0 Å². The van der Waals surface area contributed by atoms with Crippen LogP contribution < -0.4 is 10.6 Å². The number of hydrogen-bond donors (Lipinski definition) is 1. The molecule has 0 unspecified atom stereocenters. The van der Waals surface area contributed by atoms with Crippen LogP contribution in [-0.4, -0.2) is 53.6 Å². The minimum absolute atomic E-state index is 0.656. The van der Waals surface area contributed by atoms with E-state index in [2.05, 4.69) is 19.8 Å². The topological polar surface area (TPSA) is 58.3 Å². The molecule has 0 amide bonds. The molecule has 2 fully saturated rings. The van der Waals surface area contributed by atoms with Gasteiger partial charge in [-0.15, -0.1) is 0 Å². The number of aromatic nitrogens is 2. The van der Waals surface area contributed by atoms with Crippen molar-refractivity contribution in [2.75, 3.05) is 37.6 Å². The second-order valence-electron chi connectivity index (χ2n) is 5.89. The lowest BCUT2D eigenvalue weighted by molar-refractivity contribution is 0.187. The number of hydrogen-bond acceptors (Lipinski definition) is 5. The summed E-state index contributed by atoms with van der Waals surface area (Å²) in [4.78, 5) is 13.9. The van der Waals surface area contributed by atoms with Crippen molar-refractivity contribution < 1.29 is 0 Å². The summed E-state index contributed by atoms with van der Waals surface area (Å²) < 4.78 is 0. The fourth-order valence-corrected chi connectivity index (χ4v) is 3.36. The Balaban J connectivity index is 1.54. The van der Waals surface area contributed by atoms with Gasteiger partial charge < -0.3 is 10.6 Å². The molecule has 1 aliphatic heterocycles. The minimum atomic E-state index is 0.656. The molecular formula is C15H25N5. The van der Waals surface area contributed by atoms with Gasteiger partial charge in [-0.05, 0) is 31.4 Å². The quantitative estimate of drug-likeness (QED) is 0.890. The maximum absolute atomic E-state index is 5.54. The van der Waals surface area contributed by atoms with Crippen LogP contribution >= 0.6 is 0 Å². The third kappa shape index (κ3) is 3.10. The third-order valence-electron chi connectivity index (χ3n) is 4.56. The van der Waals surface area contributed by atoms with Gasteiger partial charge in [0.1, 0.15) is 0 Å². The van der Waals surface area contributed by atoms with Crippen LogP contribution in [0.15, 0.2) is 12.4 Å². The van der Waals surface area contributed by atoms with E-state index in [-0.39, 0.29) is 0 Å². The average Bonchev–Trinajstić information content (AvgIpc) is 3.03. The van der Waals surface area contributed by atoms with Gasteiger partial charge >= 0.3 is 0 Å². The summed E-state index contributed by atoms with van der Waals surface area (Å²) in [5.74, 6) is 0.872. The molecule has 5 heteroatoms. The first-order chi connectivity index (χ1) is 9.86. The lowest BCUT2D eigenvalue weighted by atomic mass is 10.2. The molecular weight excluding hydrogens is 250 g/mol. The minimum Gasteiger partial charge on any atom is -0.338 e. The summed E-state index contributed by atoms with van der Waals surface area (Å²) in [5.41, 5.74) is 6.67. The summed E-state index contributed by atoms with van der Waals surface area (Å²) >= 11 is 0. The van der Waals surface area contributed by atoms with Crippen LogP contribution in [0.5, 0.6) is 0 Å². The monoisotopic (exact) mass is 275 g/mol. The highest BCUT2D eigenvalue weighted by molar-refractivity contribution is 5.30. The number of anilines is 1. The lowest BCUT2D eigenvalue weighted by Gasteiger charge is -2.38. The van der Waals surface area contributed by atoms with Crippen molar-refractivity contribution in [3.63, 3.8) is 0 Å². The first-order valence-corrected chi connectivity index (χ1v) is 7.87. The second-order valence-corrected chi connectivity index (χ2v) is 5.89. The molecule has 20 heavy (non-hydrogen) atoms. The zero-order valence-corrected chi connectivity index (χ0v) is 12.2. The zero-order valence-electron chi connectivity index (χ0n) is 12.2. The first-order valence-electron chi connectivity index (χ1n) is 7.87. The fraction of sp³-hybridized carbons (Fsp3) is 0.733. The lowest BCUT2D eigenvalue weighted by Crippen LogP contribution is -2.50. The maximum atomic E-state index is 5.54. The Bertz CT molecular complexity index is 405. The molecule has 0 radical (unpaired) electrons. The molecule has 1 saturated carbocycles. The van der Waals surface area contributed by atoms with E-state index in [0.717, 1.165) is 50.2 Å². The maximum Gasteiger partial charge on any atom is 0.225 e. The highest BCUT2D eigenvalue weighted by atomic mass is 15.3. The van der Waals surface area contributed by atoms with Gasteiger partial charge in [0.2, 0.25) is 5.95 Å². The second kappa shape index (κ2) is 6.50. The normalized spacial score (nSPS) is 21.6. The average molecular weight is 275 g/mol. The van der Waals surface area contributed by atoms with Crippen molar-refractivity contribution >= 4 is 5.95 Å². The number of nitrogens with two attached hydrogens (primary N) is 1. The Morgan fingerprint density at radius 3 is 2.30 bits per heavy atom. The molecule has 1 aromatic rings. The summed E-state index contributed by atoms with van der Waals surface area (Å²) in [6.45, 7) is 5.05. The van der Waals surface area contributed by atoms with Crippen molar-refractivity contribution in [3.05, 3.63) is 18.0 Å². The fourth-order valence-electron chi connectivity index (χ4n) is 3.36. The van der Waals surface area contributed by atoms with E-state index in [1.54, 1.807) is 0 Å². The Morgan fingerprint density at radius 2 is 1.70 bits per heavy atom. The van der Waals surface area contributed by atoms with Gasteiger partial charge in [-0.3, -0.25) is 4.90 Å². The number of rotatable bonds is 4. The van der Waals surface area contributed by atoms with Gasteiger partial charge in [-0.1, -0.05) is 12.8 Å². The molecule has 2 heterocycles. The van der Waals surface area contributed by atoms with Crippen LogP contribution in [-0.2, 0) is 6.42 Å². The molecule has 1 aliphatic carbocycles. The largest absolute Gasteiger partial charge is 0.338 e. The van der Waals surface area contributed by atoms with Gasteiger partial charge in [0.15, 0.2) is 0 Å². The number of nitrogens with zero attached hydrogens (tertiary/aromatic N) is 4. The molecule has 1 aromatic heterocycles. The number of piperazine rings is 1. The molecule has 2 N–H and O–H groups in total. The molecule has 0 spiro atoms. The Morgan fingerprint density at radius 1 is 1.05 bits per heavy atom. The summed E-state index contributed by atoms with van der Waals surface area (Å²) in [7, 11) is 0. The zero-order chi connectivity index (χ0) is 13.8. The summed E-state index contributed by atoms with van der Waals surface area (Å²) in [5, 5.41) is 0. The highest BCUT2D eigenvalue weighted by Crippen LogP contribution is 2.24. The van der Waals surface area contributed by atoms with Crippen molar-refractivity contribution in [2.24, 2.45) is 5.73 Å². The molecule has 3 rings (SSSR count). The van der Waals surface area contributed by atoms with E-state index >= 15 is 0 Å². The van der Waals surface area contributed by atoms with Crippen LogP contribution in [0.4, 0.5) is 5.95 Å². The van der Waals surface area contributed by atoms with E-state index in [1.807, 2.05) is 12.4 Å². The molecule has 0 bridgehead atoms. The van der Waals surface area contributed by atoms with Gasteiger partial charge in [-0.25, -0.2) is 9.97 Å².